The van der Waals surface area contributed by atoms with Gasteiger partial charge in [0.2, 0.25) is 0 Å². The van der Waals surface area contributed by atoms with Gasteiger partial charge < -0.3 is 5.11 Å². The molecular weight excluding hydrogens is 328 g/mol. The lowest BCUT2D eigenvalue weighted by atomic mass is 10.2. The first-order chi connectivity index (χ1) is 6.45. The lowest BCUT2D eigenvalue weighted by molar-refractivity contribution is 0.0688. The van der Waals surface area contributed by atoms with E-state index in [9.17, 15) is 13.6 Å². The van der Waals surface area contributed by atoms with Crippen LogP contribution in [0.3, 0.4) is 0 Å². The normalized spacial score (nSPS) is 10.6. The maximum Gasteiger partial charge on any atom is 0.355 e. The third kappa shape index (κ3) is 2.09. The third-order valence-corrected chi connectivity index (χ3v) is 3.58. The van der Waals surface area contributed by atoms with Crippen LogP contribution in [-0.2, 0) is 0 Å². The lowest BCUT2D eigenvalue weighted by Crippen LogP contribution is -2.03. The predicted octanol–water partition coefficient (Wildman–Crippen LogP) is 3.24. The fourth-order valence-electron chi connectivity index (χ4n) is 0.779. The van der Waals surface area contributed by atoms with E-state index in [-0.39, 0.29) is 20.2 Å². The first-order valence-electron chi connectivity index (χ1n) is 3.30. The Morgan fingerprint density at radius 3 is 2.43 bits per heavy atom. The molecule has 0 radical (unpaired) electrons. The summed E-state index contributed by atoms with van der Waals surface area (Å²) in [5, 5.41) is 8.62. The average Bonchev–Trinajstić information content (AvgIpc) is 2.08. The van der Waals surface area contributed by atoms with E-state index in [2.05, 4.69) is 36.8 Å². The molecule has 0 unspecified atom stereocenters. The van der Waals surface area contributed by atoms with Crippen LogP contribution < -0.4 is 0 Å². The SMILES string of the molecule is O=C(O)c1ncc(C(F)F)c(Br)c1Br. The van der Waals surface area contributed by atoms with Crippen molar-refractivity contribution in [1.29, 1.82) is 0 Å². The first-order valence-corrected chi connectivity index (χ1v) is 4.89. The summed E-state index contributed by atoms with van der Waals surface area (Å²) in [6, 6.07) is 0. The second-order valence-corrected chi connectivity index (χ2v) is 3.88. The van der Waals surface area contributed by atoms with Gasteiger partial charge in [0, 0.05) is 10.7 Å². The second kappa shape index (κ2) is 4.31. The highest BCUT2D eigenvalue weighted by molar-refractivity contribution is 9.13. The van der Waals surface area contributed by atoms with Gasteiger partial charge in [-0.25, -0.2) is 18.6 Å². The zero-order chi connectivity index (χ0) is 10.9. The summed E-state index contributed by atoms with van der Waals surface area (Å²) in [7, 11) is 0. The number of alkyl halides is 2. The summed E-state index contributed by atoms with van der Waals surface area (Å²) in [6.07, 6.45) is -1.86. The van der Waals surface area contributed by atoms with E-state index < -0.39 is 12.4 Å². The van der Waals surface area contributed by atoms with Crippen molar-refractivity contribution in [2.45, 2.75) is 6.43 Å². The molecule has 1 heterocycles. The predicted molar refractivity (Wildman–Crippen MR) is 51.6 cm³/mol. The Hall–Kier alpha value is -0.560. The van der Waals surface area contributed by atoms with E-state index in [1.54, 1.807) is 0 Å². The van der Waals surface area contributed by atoms with Crippen LogP contribution in [0.25, 0.3) is 0 Å². The van der Waals surface area contributed by atoms with Crippen molar-refractivity contribution >= 4 is 37.8 Å². The standard InChI is InChI=1S/C7H3Br2F2NO2/c8-3-2(6(10)11)1-12-5(4(3)9)7(13)14/h1,6H,(H,13,14). The van der Waals surface area contributed by atoms with Crippen LogP contribution in [0.5, 0.6) is 0 Å². The number of rotatable bonds is 2. The van der Waals surface area contributed by atoms with Crippen molar-refractivity contribution in [3.8, 4) is 0 Å². The Balaban J connectivity index is 3.33. The summed E-state index contributed by atoms with van der Waals surface area (Å²) in [4.78, 5) is 14.0. The summed E-state index contributed by atoms with van der Waals surface area (Å²) in [5.41, 5.74) is -0.650. The Morgan fingerprint density at radius 1 is 1.43 bits per heavy atom. The van der Waals surface area contributed by atoms with E-state index in [0.717, 1.165) is 6.20 Å². The quantitative estimate of drug-likeness (QED) is 0.905. The van der Waals surface area contributed by atoms with Crippen LogP contribution in [0.2, 0.25) is 0 Å². The van der Waals surface area contributed by atoms with Gasteiger partial charge in [-0.15, -0.1) is 0 Å². The molecule has 0 aliphatic rings. The zero-order valence-electron chi connectivity index (χ0n) is 6.47. The largest absolute Gasteiger partial charge is 0.476 e. The molecule has 1 N–H and O–H groups in total. The van der Waals surface area contributed by atoms with Crippen LogP contribution >= 0.6 is 31.9 Å². The minimum atomic E-state index is -2.70. The number of hydrogen-bond donors (Lipinski definition) is 1. The topological polar surface area (TPSA) is 50.2 Å². The van der Waals surface area contributed by atoms with Gasteiger partial charge >= 0.3 is 5.97 Å². The molecule has 0 saturated carbocycles. The van der Waals surface area contributed by atoms with Crippen molar-refractivity contribution < 1.29 is 18.7 Å². The van der Waals surface area contributed by atoms with Gasteiger partial charge in [-0.1, -0.05) is 0 Å². The molecule has 0 amide bonds. The second-order valence-electron chi connectivity index (χ2n) is 2.30. The van der Waals surface area contributed by atoms with Crippen LogP contribution in [0, 0.1) is 0 Å². The number of aromatic carboxylic acids is 1. The molecule has 3 nitrogen and oxygen atoms in total. The fourth-order valence-corrected chi connectivity index (χ4v) is 1.74. The molecule has 0 aliphatic heterocycles. The van der Waals surface area contributed by atoms with Crippen LogP contribution in [-0.4, -0.2) is 16.1 Å². The van der Waals surface area contributed by atoms with E-state index in [0.29, 0.717) is 0 Å². The van der Waals surface area contributed by atoms with Crippen LogP contribution in [0.4, 0.5) is 8.78 Å². The van der Waals surface area contributed by atoms with Crippen LogP contribution in [0.15, 0.2) is 15.1 Å². The Labute approximate surface area is 94.4 Å². The molecule has 1 rings (SSSR count). The number of pyridine rings is 1. The summed E-state index contributed by atoms with van der Waals surface area (Å²) >= 11 is 5.75. The highest BCUT2D eigenvalue weighted by Crippen LogP contribution is 2.34. The van der Waals surface area contributed by atoms with Gasteiger partial charge in [0.15, 0.2) is 5.69 Å². The van der Waals surface area contributed by atoms with Gasteiger partial charge in [-0.05, 0) is 31.9 Å². The molecule has 0 saturated heterocycles. The molecule has 1 aromatic heterocycles. The molecule has 1 aromatic rings. The third-order valence-electron chi connectivity index (χ3n) is 1.42. The summed E-state index contributed by atoms with van der Waals surface area (Å²) in [5.74, 6) is -1.28. The Morgan fingerprint density at radius 2 is 2.00 bits per heavy atom. The number of hydrogen-bond acceptors (Lipinski definition) is 2. The molecule has 0 fully saturated rings. The maximum absolute atomic E-state index is 12.3. The number of aromatic nitrogens is 1. The maximum atomic E-state index is 12.3. The van der Waals surface area contributed by atoms with E-state index in [1.807, 2.05) is 0 Å². The molecule has 14 heavy (non-hydrogen) atoms. The monoisotopic (exact) mass is 329 g/mol. The van der Waals surface area contributed by atoms with Gasteiger partial charge in [-0.2, -0.15) is 0 Å². The number of carbonyl (C=O) groups is 1. The van der Waals surface area contributed by atoms with Crippen molar-refractivity contribution in [3.05, 3.63) is 26.4 Å². The first kappa shape index (κ1) is 11.5. The molecule has 0 atom stereocenters. The summed E-state index contributed by atoms with van der Waals surface area (Å²) < 4.78 is 24.6. The molecule has 7 heteroatoms. The van der Waals surface area contributed by atoms with Crippen LogP contribution in [0.1, 0.15) is 22.5 Å². The molecule has 0 bridgehead atoms. The molecular formula is C7H3Br2F2NO2. The minimum Gasteiger partial charge on any atom is -0.476 e. The molecule has 0 spiro atoms. The zero-order valence-corrected chi connectivity index (χ0v) is 9.64. The number of carboxylic acids is 1. The van der Waals surface area contributed by atoms with Crippen molar-refractivity contribution in [1.82, 2.24) is 4.98 Å². The lowest BCUT2D eigenvalue weighted by Gasteiger charge is -2.06. The smallest absolute Gasteiger partial charge is 0.355 e. The van der Waals surface area contributed by atoms with Crippen molar-refractivity contribution in [2.75, 3.05) is 0 Å². The van der Waals surface area contributed by atoms with Gasteiger partial charge in [-0.3, -0.25) is 0 Å². The highest BCUT2D eigenvalue weighted by atomic mass is 79.9. The Bertz CT molecular complexity index is 384. The Kier molecular flexibility index (Phi) is 3.54. The average molecular weight is 331 g/mol. The number of nitrogens with zero attached hydrogens (tertiary/aromatic N) is 1. The van der Waals surface area contributed by atoms with E-state index >= 15 is 0 Å². The molecule has 0 aromatic carbocycles. The summed E-state index contributed by atoms with van der Waals surface area (Å²) in [6.45, 7) is 0. The fraction of sp³-hybridized carbons (Fsp3) is 0.143. The van der Waals surface area contributed by atoms with E-state index in [1.165, 1.54) is 0 Å². The highest BCUT2D eigenvalue weighted by Gasteiger charge is 2.20. The van der Waals surface area contributed by atoms with E-state index in [4.69, 9.17) is 5.11 Å². The number of carboxylic acid groups (broad SMARTS) is 1. The van der Waals surface area contributed by atoms with Crippen molar-refractivity contribution in [2.24, 2.45) is 0 Å². The minimum absolute atomic E-state index is 0.0138. The molecule has 0 aliphatic carbocycles. The van der Waals surface area contributed by atoms with Gasteiger partial charge in [0.25, 0.3) is 6.43 Å². The van der Waals surface area contributed by atoms with Gasteiger partial charge in [0.1, 0.15) is 0 Å². The van der Waals surface area contributed by atoms with Gasteiger partial charge in [0.05, 0.1) is 10.0 Å². The van der Waals surface area contributed by atoms with Crippen molar-refractivity contribution in [3.63, 3.8) is 0 Å². The number of halogens is 4. The molecule has 76 valence electrons.